The van der Waals surface area contributed by atoms with Crippen LogP contribution in [-0.4, -0.2) is 60.8 Å². The van der Waals surface area contributed by atoms with E-state index in [1.54, 1.807) is 42.5 Å². The van der Waals surface area contributed by atoms with Gasteiger partial charge >= 0.3 is 0 Å². The highest BCUT2D eigenvalue weighted by atomic mass is 32.2. The zero-order chi connectivity index (χ0) is 20.6. The molecule has 4 rings (SSSR count). The van der Waals surface area contributed by atoms with Crippen molar-refractivity contribution in [1.82, 2.24) is 9.80 Å². The topological polar surface area (TPSA) is 91.8 Å². The van der Waals surface area contributed by atoms with E-state index in [2.05, 4.69) is 0 Å². The van der Waals surface area contributed by atoms with E-state index in [1.807, 2.05) is 0 Å². The summed E-state index contributed by atoms with van der Waals surface area (Å²) in [6.07, 6.45) is 1.25. The summed E-state index contributed by atoms with van der Waals surface area (Å²) in [7, 11) is -3.54. The molecule has 0 saturated carbocycles. The lowest BCUT2D eigenvalue weighted by molar-refractivity contribution is -0.131. The van der Waals surface area contributed by atoms with Crippen LogP contribution < -0.4 is 0 Å². The molecule has 2 aromatic carbocycles. The summed E-state index contributed by atoms with van der Waals surface area (Å²) >= 11 is 0. The first kappa shape index (κ1) is 19.3. The first-order chi connectivity index (χ1) is 13.9. The fourth-order valence-electron chi connectivity index (χ4n) is 3.92. The van der Waals surface area contributed by atoms with Crippen molar-refractivity contribution in [3.05, 3.63) is 65.7 Å². The van der Waals surface area contributed by atoms with Crippen molar-refractivity contribution in [1.29, 1.82) is 0 Å². The van der Waals surface area contributed by atoms with E-state index in [9.17, 15) is 22.8 Å². The Labute approximate surface area is 168 Å². The number of imide groups is 1. The van der Waals surface area contributed by atoms with Gasteiger partial charge in [-0.05, 0) is 37.1 Å². The van der Waals surface area contributed by atoms with Crippen LogP contribution in [0.1, 0.15) is 33.6 Å². The van der Waals surface area contributed by atoms with Gasteiger partial charge in [-0.25, -0.2) is 8.42 Å². The quantitative estimate of drug-likeness (QED) is 0.698. The summed E-state index contributed by atoms with van der Waals surface area (Å²) in [6, 6.07) is 14.1. The molecule has 1 atom stereocenters. The Bertz CT molecular complexity index is 1050. The molecule has 7 nitrogen and oxygen atoms in total. The molecule has 0 bridgehead atoms. The van der Waals surface area contributed by atoms with Crippen molar-refractivity contribution in [2.24, 2.45) is 0 Å². The summed E-state index contributed by atoms with van der Waals surface area (Å²) < 4.78 is 25.4. The van der Waals surface area contributed by atoms with Gasteiger partial charge in [0, 0.05) is 12.6 Å². The number of carbonyl (C=O) groups is 3. The standard InChI is InChI=1S/C21H20N2O5S/c24-19(13-23-20(25)17-10-4-5-11-18(17)21(23)26)22-12-6-7-15(22)14-29(27,28)16-8-2-1-3-9-16/h1-5,8-11,15H,6-7,12-14H2. The zero-order valence-electron chi connectivity index (χ0n) is 15.7. The average molecular weight is 412 g/mol. The Morgan fingerprint density at radius 3 is 2.14 bits per heavy atom. The molecular weight excluding hydrogens is 392 g/mol. The molecule has 8 heteroatoms. The number of fused-ring (bicyclic) bond motifs is 1. The van der Waals surface area contributed by atoms with Crippen LogP contribution in [0.4, 0.5) is 0 Å². The number of rotatable bonds is 5. The van der Waals surface area contributed by atoms with Gasteiger partial charge in [0.2, 0.25) is 5.91 Å². The molecule has 0 spiro atoms. The first-order valence-electron chi connectivity index (χ1n) is 9.41. The fourth-order valence-corrected chi connectivity index (χ4v) is 5.54. The number of benzene rings is 2. The van der Waals surface area contributed by atoms with Gasteiger partial charge in [0.25, 0.3) is 11.8 Å². The van der Waals surface area contributed by atoms with Crippen LogP contribution >= 0.6 is 0 Å². The molecular formula is C21H20N2O5S. The zero-order valence-corrected chi connectivity index (χ0v) is 16.5. The lowest BCUT2D eigenvalue weighted by atomic mass is 10.1. The highest BCUT2D eigenvalue weighted by molar-refractivity contribution is 7.91. The van der Waals surface area contributed by atoms with Crippen molar-refractivity contribution in [3.8, 4) is 0 Å². The third-order valence-corrected chi connectivity index (χ3v) is 7.20. The fraction of sp³-hybridized carbons (Fsp3) is 0.286. The minimum absolute atomic E-state index is 0.176. The molecule has 3 amide bonds. The molecule has 2 aliphatic rings. The molecule has 1 saturated heterocycles. The smallest absolute Gasteiger partial charge is 0.262 e. The minimum Gasteiger partial charge on any atom is -0.337 e. The Morgan fingerprint density at radius 1 is 0.931 bits per heavy atom. The minimum atomic E-state index is -3.54. The highest BCUT2D eigenvalue weighted by Gasteiger charge is 2.39. The summed E-state index contributed by atoms with van der Waals surface area (Å²) in [6.45, 7) is 0.0329. The molecule has 29 heavy (non-hydrogen) atoms. The van der Waals surface area contributed by atoms with E-state index in [0.29, 0.717) is 19.4 Å². The number of hydrogen-bond donors (Lipinski definition) is 0. The SMILES string of the molecule is O=C1c2ccccc2C(=O)N1CC(=O)N1CCCC1CS(=O)(=O)c1ccccc1. The normalized spacial score (nSPS) is 19.0. The highest BCUT2D eigenvalue weighted by Crippen LogP contribution is 2.25. The molecule has 1 fully saturated rings. The van der Waals surface area contributed by atoms with Crippen LogP contribution in [0.2, 0.25) is 0 Å². The predicted octanol–water partition coefficient (Wildman–Crippen LogP) is 1.75. The lowest BCUT2D eigenvalue weighted by Gasteiger charge is -2.26. The largest absolute Gasteiger partial charge is 0.337 e. The van der Waals surface area contributed by atoms with Gasteiger partial charge in [-0.15, -0.1) is 0 Å². The van der Waals surface area contributed by atoms with Gasteiger partial charge in [-0.3, -0.25) is 19.3 Å². The molecule has 1 unspecified atom stereocenters. The van der Waals surface area contributed by atoms with Crippen molar-refractivity contribution >= 4 is 27.6 Å². The van der Waals surface area contributed by atoms with E-state index >= 15 is 0 Å². The molecule has 0 radical (unpaired) electrons. The number of amides is 3. The Hall–Kier alpha value is -3.00. The number of nitrogens with zero attached hydrogens (tertiary/aromatic N) is 2. The van der Waals surface area contributed by atoms with Crippen molar-refractivity contribution < 1.29 is 22.8 Å². The van der Waals surface area contributed by atoms with Gasteiger partial charge in [0.15, 0.2) is 9.84 Å². The molecule has 2 aromatic rings. The second-order valence-corrected chi connectivity index (χ2v) is 9.25. The van der Waals surface area contributed by atoms with Crippen LogP contribution in [0.3, 0.4) is 0 Å². The maximum atomic E-state index is 12.9. The number of likely N-dealkylation sites (tertiary alicyclic amines) is 1. The van der Waals surface area contributed by atoms with Crippen LogP contribution in [0.5, 0.6) is 0 Å². The molecule has 2 aliphatic heterocycles. The maximum absolute atomic E-state index is 12.9. The molecule has 0 aliphatic carbocycles. The van der Waals surface area contributed by atoms with Crippen molar-refractivity contribution in [2.45, 2.75) is 23.8 Å². The maximum Gasteiger partial charge on any atom is 0.262 e. The van der Waals surface area contributed by atoms with E-state index in [-0.39, 0.29) is 28.3 Å². The molecule has 150 valence electrons. The third-order valence-electron chi connectivity index (χ3n) is 5.38. The summed E-state index contributed by atoms with van der Waals surface area (Å²) in [5.74, 6) is -1.58. The van der Waals surface area contributed by atoms with Gasteiger partial charge in [-0.1, -0.05) is 30.3 Å². The van der Waals surface area contributed by atoms with Gasteiger partial charge in [-0.2, -0.15) is 0 Å². The van der Waals surface area contributed by atoms with Gasteiger partial charge < -0.3 is 4.90 Å². The Balaban J connectivity index is 1.48. The molecule has 0 aromatic heterocycles. The first-order valence-corrected chi connectivity index (χ1v) is 11.1. The monoisotopic (exact) mass is 412 g/mol. The third kappa shape index (κ3) is 3.55. The molecule has 0 N–H and O–H groups in total. The van der Waals surface area contributed by atoms with Crippen LogP contribution in [0, 0.1) is 0 Å². The average Bonchev–Trinajstić information content (AvgIpc) is 3.27. The Kier molecular flexibility index (Phi) is 4.96. The predicted molar refractivity (Wildman–Crippen MR) is 105 cm³/mol. The van der Waals surface area contributed by atoms with E-state index < -0.39 is 33.6 Å². The lowest BCUT2D eigenvalue weighted by Crippen LogP contribution is -2.46. The van der Waals surface area contributed by atoms with Crippen molar-refractivity contribution in [3.63, 3.8) is 0 Å². The summed E-state index contributed by atoms with van der Waals surface area (Å²) in [5.41, 5.74) is 0.574. The number of hydrogen-bond acceptors (Lipinski definition) is 5. The van der Waals surface area contributed by atoms with Crippen LogP contribution in [-0.2, 0) is 14.6 Å². The number of carbonyl (C=O) groups excluding carboxylic acids is 3. The molecule has 2 heterocycles. The van der Waals surface area contributed by atoms with Crippen LogP contribution in [0.15, 0.2) is 59.5 Å². The Morgan fingerprint density at radius 2 is 1.52 bits per heavy atom. The second-order valence-electron chi connectivity index (χ2n) is 7.22. The van der Waals surface area contributed by atoms with Gasteiger partial charge in [0.1, 0.15) is 6.54 Å². The van der Waals surface area contributed by atoms with E-state index in [1.165, 1.54) is 17.0 Å². The van der Waals surface area contributed by atoms with E-state index in [4.69, 9.17) is 0 Å². The van der Waals surface area contributed by atoms with Gasteiger partial charge in [0.05, 0.1) is 21.8 Å². The second kappa shape index (κ2) is 7.44. The summed E-state index contributed by atoms with van der Waals surface area (Å²) in [4.78, 5) is 40.5. The van der Waals surface area contributed by atoms with Crippen LogP contribution in [0.25, 0.3) is 0 Å². The van der Waals surface area contributed by atoms with Crippen molar-refractivity contribution in [2.75, 3.05) is 18.8 Å². The number of sulfone groups is 1. The van der Waals surface area contributed by atoms with E-state index in [0.717, 1.165) is 4.90 Å². The summed E-state index contributed by atoms with van der Waals surface area (Å²) in [5, 5.41) is 0.